The van der Waals surface area contributed by atoms with Gasteiger partial charge in [0.1, 0.15) is 0 Å². The van der Waals surface area contributed by atoms with Crippen molar-refractivity contribution in [2.24, 2.45) is 0 Å². The Hall–Kier alpha value is -1.18. The fourth-order valence-corrected chi connectivity index (χ4v) is 0.936. The predicted molar refractivity (Wildman–Crippen MR) is 41.9 cm³/mol. The molecule has 0 aliphatic heterocycles. The predicted octanol–water partition coefficient (Wildman–Crippen LogP) is 1.97. The Balaban J connectivity index is 3.05. The maximum absolute atomic E-state index is 13.4. The Kier molecular flexibility index (Phi) is 1.77. The fraction of sp³-hybridized carbons (Fsp3) is 0.222. The zero-order valence-corrected chi connectivity index (χ0v) is 6.30. The van der Waals surface area contributed by atoms with Crippen molar-refractivity contribution in [3.8, 4) is 0 Å². The number of halogens is 1. The van der Waals surface area contributed by atoms with Gasteiger partial charge in [0.25, 0.3) is 0 Å². The first-order valence-electron chi connectivity index (χ1n) is 3.33. The number of rotatable bonds is 1. The second-order valence-corrected chi connectivity index (χ2v) is 2.54. The largest absolute Gasteiger partial charge is 0.290 e. The molecule has 0 amide bonds. The highest BCUT2D eigenvalue weighted by molar-refractivity contribution is 6.01. The highest BCUT2D eigenvalue weighted by atomic mass is 19.1. The molecule has 1 nitrogen and oxygen atoms in total. The summed E-state index contributed by atoms with van der Waals surface area (Å²) in [7, 11) is 0. The Labute approximate surface area is 64.9 Å². The molecular weight excluding hydrogens is 143 g/mol. The molecule has 1 aliphatic carbocycles. The average Bonchev–Trinajstić information content (AvgIpc) is 1.98. The molecule has 0 spiro atoms. The van der Waals surface area contributed by atoms with Crippen LogP contribution < -0.4 is 0 Å². The van der Waals surface area contributed by atoms with Crippen LogP contribution in [0.1, 0.15) is 6.92 Å². The van der Waals surface area contributed by atoms with Crippen LogP contribution in [0.15, 0.2) is 36.5 Å². The molecule has 0 N–H and O–H groups in total. The van der Waals surface area contributed by atoms with Gasteiger partial charge in [-0.25, -0.2) is 4.39 Å². The van der Waals surface area contributed by atoms with Gasteiger partial charge in [-0.05, 0) is 36.8 Å². The Morgan fingerprint density at radius 3 is 2.82 bits per heavy atom. The third-order valence-electron chi connectivity index (χ3n) is 1.75. The van der Waals surface area contributed by atoms with Crippen LogP contribution in [0.5, 0.6) is 0 Å². The number of ketones is 1. The standard InChI is InChI=1S/C9H9FO/c1-3-9(10)5-4-8(11)6-7(9)2/h3-6H,1H2,2H3. The summed E-state index contributed by atoms with van der Waals surface area (Å²) in [5, 5.41) is 0. The van der Waals surface area contributed by atoms with Gasteiger partial charge in [0.05, 0.1) is 0 Å². The van der Waals surface area contributed by atoms with Gasteiger partial charge in [-0.3, -0.25) is 4.79 Å². The number of carbonyl (C=O) groups is 1. The molecule has 0 heterocycles. The average molecular weight is 152 g/mol. The lowest BCUT2D eigenvalue weighted by Gasteiger charge is -2.20. The van der Waals surface area contributed by atoms with Crippen LogP contribution in [0, 0.1) is 0 Å². The normalized spacial score (nSPS) is 30.0. The third kappa shape index (κ3) is 1.29. The van der Waals surface area contributed by atoms with Crippen LogP contribution >= 0.6 is 0 Å². The highest BCUT2D eigenvalue weighted by Crippen LogP contribution is 2.27. The summed E-state index contributed by atoms with van der Waals surface area (Å²) in [4.78, 5) is 10.7. The van der Waals surface area contributed by atoms with Crippen molar-refractivity contribution in [3.05, 3.63) is 36.5 Å². The van der Waals surface area contributed by atoms with E-state index in [1.165, 1.54) is 24.3 Å². The van der Waals surface area contributed by atoms with E-state index in [0.717, 1.165) is 0 Å². The second kappa shape index (κ2) is 2.46. The second-order valence-electron chi connectivity index (χ2n) is 2.54. The Morgan fingerprint density at radius 1 is 1.73 bits per heavy atom. The Morgan fingerprint density at radius 2 is 2.36 bits per heavy atom. The minimum Gasteiger partial charge on any atom is -0.290 e. The lowest BCUT2D eigenvalue weighted by Crippen LogP contribution is -2.21. The lowest BCUT2D eigenvalue weighted by molar-refractivity contribution is -0.110. The molecular formula is C9H9FO. The molecule has 0 saturated heterocycles. The van der Waals surface area contributed by atoms with Crippen molar-refractivity contribution >= 4 is 5.78 Å². The smallest absolute Gasteiger partial charge is 0.178 e. The maximum atomic E-state index is 13.4. The number of hydrogen-bond acceptors (Lipinski definition) is 1. The molecule has 0 aromatic rings. The summed E-state index contributed by atoms with van der Waals surface area (Å²) in [5.74, 6) is -0.169. The molecule has 58 valence electrons. The van der Waals surface area contributed by atoms with Gasteiger partial charge in [0.2, 0.25) is 0 Å². The number of allylic oxidation sites excluding steroid dienone is 5. The van der Waals surface area contributed by atoms with E-state index < -0.39 is 5.67 Å². The van der Waals surface area contributed by atoms with Crippen LogP contribution in [-0.4, -0.2) is 11.5 Å². The first-order chi connectivity index (χ1) is 5.08. The lowest BCUT2D eigenvalue weighted by atomic mass is 9.91. The molecule has 1 aliphatic rings. The van der Waals surface area contributed by atoms with E-state index in [-0.39, 0.29) is 5.78 Å². The molecule has 0 aromatic heterocycles. The van der Waals surface area contributed by atoms with E-state index >= 15 is 0 Å². The zero-order chi connectivity index (χ0) is 8.48. The van der Waals surface area contributed by atoms with Gasteiger partial charge in [0.15, 0.2) is 11.5 Å². The number of alkyl halides is 1. The summed E-state index contributed by atoms with van der Waals surface area (Å²) >= 11 is 0. The van der Waals surface area contributed by atoms with Crippen LogP contribution in [0.4, 0.5) is 4.39 Å². The molecule has 1 rings (SSSR count). The van der Waals surface area contributed by atoms with E-state index in [1.54, 1.807) is 6.92 Å². The van der Waals surface area contributed by atoms with Gasteiger partial charge in [-0.15, -0.1) is 0 Å². The quantitative estimate of drug-likeness (QED) is 0.525. The summed E-state index contributed by atoms with van der Waals surface area (Å²) < 4.78 is 13.4. The summed E-state index contributed by atoms with van der Waals surface area (Å²) in [6.07, 6.45) is 4.90. The van der Waals surface area contributed by atoms with Crippen molar-refractivity contribution in [1.82, 2.24) is 0 Å². The summed E-state index contributed by atoms with van der Waals surface area (Å²) in [6, 6.07) is 0. The SMILES string of the molecule is C=CC1(F)C=CC(=O)C=C1C. The molecule has 0 radical (unpaired) electrons. The maximum Gasteiger partial charge on any atom is 0.178 e. The van der Waals surface area contributed by atoms with Crippen molar-refractivity contribution in [3.63, 3.8) is 0 Å². The van der Waals surface area contributed by atoms with E-state index in [9.17, 15) is 9.18 Å². The van der Waals surface area contributed by atoms with E-state index in [1.807, 2.05) is 0 Å². The molecule has 2 heteroatoms. The van der Waals surface area contributed by atoms with E-state index in [4.69, 9.17) is 0 Å². The van der Waals surface area contributed by atoms with Crippen molar-refractivity contribution in [2.45, 2.75) is 12.6 Å². The monoisotopic (exact) mass is 152 g/mol. The van der Waals surface area contributed by atoms with Gasteiger partial charge < -0.3 is 0 Å². The molecule has 11 heavy (non-hydrogen) atoms. The minimum atomic E-state index is -1.62. The number of carbonyl (C=O) groups excluding carboxylic acids is 1. The van der Waals surface area contributed by atoms with Gasteiger partial charge in [-0.2, -0.15) is 0 Å². The fourth-order valence-electron chi connectivity index (χ4n) is 0.936. The molecule has 1 unspecified atom stereocenters. The first-order valence-corrected chi connectivity index (χ1v) is 3.33. The highest BCUT2D eigenvalue weighted by Gasteiger charge is 2.27. The molecule has 0 fully saturated rings. The minimum absolute atomic E-state index is 0.169. The van der Waals surface area contributed by atoms with E-state index in [0.29, 0.717) is 5.57 Å². The zero-order valence-electron chi connectivity index (χ0n) is 6.30. The summed E-state index contributed by atoms with van der Waals surface area (Å²) in [5.41, 5.74) is -1.23. The molecule has 0 bridgehead atoms. The van der Waals surface area contributed by atoms with Gasteiger partial charge >= 0.3 is 0 Å². The van der Waals surface area contributed by atoms with Crippen LogP contribution in [0.3, 0.4) is 0 Å². The summed E-state index contributed by atoms with van der Waals surface area (Å²) in [6.45, 7) is 4.93. The molecule has 1 atom stereocenters. The van der Waals surface area contributed by atoms with E-state index in [2.05, 4.69) is 6.58 Å². The van der Waals surface area contributed by atoms with Gasteiger partial charge in [-0.1, -0.05) is 6.58 Å². The van der Waals surface area contributed by atoms with Gasteiger partial charge in [0, 0.05) is 0 Å². The van der Waals surface area contributed by atoms with Crippen molar-refractivity contribution in [2.75, 3.05) is 0 Å². The van der Waals surface area contributed by atoms with Crippen molar-refractivity contribution in [1.29, 1.82) is 0 Å². The molecule has 0 saturated carbocycles. The van der Waals surface area contributed by atoms with Crippen LogP contribution in [-0.2, 0) is 4.79 Å². The molecule has 0 aromatic carbocycles. The number of hydrogen-bond donors (Lipinski definition) is 0. The van der Waals surface area contributed by atoms with Crippen molar-refractivity contribution < 1.29 is 9.18 Å². The Bertz CT molecular complexity index is 263. The topological polar surface area (TPSA) is 17.1 Å². The van der Waals surface area contributed by atoms with Crippen LogP contribution in [0.25, 0.3) is 0 Å². The third-order valence-corrected chi connectivity index (χ3v) is 1.75. The first kappa shape index (κ1) is 7.92. The van der Waals surface area contributed by atoms with Crippen LogP contribution in [0.2, 0.25) is 0 Å².